The third kappa shape index (κ3) is 3.92. The minimum absolute atomic E-state index is 0.0889. The van der Waals surface area contributed by atoms with Crippen LogP contribution in [0.1, 0.15) is 6.92 Å². The molecule has 144 valence electrons. The normalized spacial score (nSPS) is 13.6. The van der Waals surface area contributed by atoms with Crippen LogP contribution in [0.3, 0.4) is 0 Å². The van der Waals surface area contributed by atoms with Crippen LogP contribution in [0.25, 0.3) is 11.5 Å². The lowest BCUT2D eigenvalue weighted by molar-refractivity contribution is -0.116. The average molecular weight is 398 g/mol. The number of amides is 1. The van der Waals surface area contributed by atoms with Gasteiger partial charge >= 0.3 is 0 Å². The molecule has 3 aromatic heterocycles. The van der Waals surface area contributed by atoms with Gasteiger partial charge < -0.3 is 19.7 Å². The van der Waals surface area contributed by atoms with Crippen LogP contribution in [-0.4, -0.2) is 51.6 Å². The van der Waals surface area contributed by atoms with Crippen LogP contribution in [0, 0.1) is 0 Å². The number of anilines is 3. The summed E-state index contributed by atoms with van der Waals surface area (Å²) >= 11 is 1.19. The van der Waals surface area contributed by atoms with Gasteiger partial charge in [0.15, 0.2) is 11.6 Å². The van der Waals surface area contributed by atoms with Crippen molar-refractivity contribution >= 4 is 34.1 Å². The van der Waals surface area contributed by atoms with Gasteiger partial charge in [-0.3, -0.25) is 4.79 Å². The second kappa shape index (κ2) is 7.87. The number of ether oxygens (including phenoxy) is 2. The molecule has 1 amide bonds. The second-order valence-corrected chi connectivity index (χ2v) is 6.91. The molecule has 0 aliphatic carbocycles. The largest absolute Gasteiger partial charge is 0.484 e. The summed E-state index contributed by atoms with van der Waals surface area (Å²) < 4.78 is 15.1. The van der Waals surface area contributed by atoms with Crippen LogP contribution < -0.4 is 15.0 Å². The van der Waals surface area contributed by atoms with Crippen molar-refractivity contribution in [3.63, 3.8) is 0 Å². The van der Waals surface area contributed by atoms with Gasteiger partial charge in [-0.2, -0.15) is 9.36 Å². The van der Waals surface area contributed by atoms with Gasteiger partial charge in [0.25, 0.3) is 0 Å². The predicted octanol–water partition coefficient (Wildman–Crippen LogP) is 2.50. The molecule has 3 aromatic rings. The summed E-state index contributed by atoms with van der Waals surface area (Å²) in [6, 6.07) is 7.24. The smallest absolute Gasteiger partial charge is 0.223 e. The van der Waals surface area contributed by atoms with E-state index in [4.69, 9.17) is 9.47 Å². The van der Waals surface area contributed by atoms with Crippen molar-refractivity contribution in [2.24, 2.45) is 0 Å². The van der Waals surface area contributed by atoms with Gasteiger partial charge in [0.05, 0.1) is 25.1 Å². The molecule has 0 bridgehead atoms. The molecule has 9 nitrogen and oxygen atoms in total. The van der Waals surface area contributed by atoms with E-state index in [1.54, 1.807) is 25.5 Å². The lowest BCUT2D eigenvalue weighted by Gasteiger charge is -2.26. The first-order valence-electron chi connectivity index (χ1n) is 8.61. The van der Waals surface area contributed by atoms with E-state index in [0.717, 1.165) is 0 Å². The highest BCUT2D eigenvalue weighted by molar-refractivity contribution is 7.09. The summed E-state index contributed by atoms with van der Waals surface area (Å²) in [4.78, 5) is 26.3. The van der Waals surface area contributed by atoms with E-state index in [0.29, 0.717) is 47.1 Å². The number of rotatable bonds is 6. The molecule has 1 fully saturated rings. The van der Waals surface area contributed by atoms with Gasteiger partial charge in [-0.25, -0.2) is 9.97 Å². The van der Waals surface area contributed by atoms with Crippen LogP contribution in [0.5, 0.6) is 5.75 Å². The Morgan fingerprint density at radius 2 is 2.18 bits per heavy atom. The molecule has 0 spiro atoms. The van der Waals surface area contributed by atoms with E-state index >= 15 is 0 Å². The van der Waals surface area contributed by atoms with Crippen molar-refractivity contribution in [3.8, 4) is 17.3 Å². The molecule has 1 aliphatic rings. The zero-order valence-corrected chi connectivity index (χ0v) is 16.1. The summed E-state index contributed by atoms with van der Waals surface area (Å²) in [7, 11) is 1.69. The van der Waals surface area contributed by atoms with Crippen molar-refractivity contribution in [1.82, 2.24) is 19.3 Å². The van der Waals surface area contributed by atoms with Crippen LogP contribution >= 0.6 is 11.5 Å². The van der Waals surface area contributed by atoms with Crippen LogP contribution in [0.2, 0.25) is 0 Å². The number of nitrogens with one attached hydrogen (secondary N) is 1. The lowest BCUT2D eigenvalue weighted by Crippen LogP contribution is -2.38. The molecule has 0 radical (unpaired) electrons. The Morgan fingerprint density at radius 3 is 2.86 bits per heavy atom. The standard InChI is InChI=1S/C18H18N6O3S/c1-11(25)24(2)15-4-3-7-19-17(15)22-18-21-16(23-28-18)14-6-5-12(8-20-14)27-13-9-26-10-13/h3-8,13H,9-10H2,1-2H3,(H,19,21,22,23). The first-order chi connectivity index (χ1) is 13.6. The Bertz CT molecular complexity index is 973. The van der Waals surface area contributed by atoms with Gasteiger partial charge in [-0.1, -0.05) is 0 Å². The first kappa shape index (κ1) is 18.3. The number of carbonyl (C=O) groups is 1. The highest BCUT2D eigenvalue weighted by Crippen LogP contribution is 2.28. The van der Waals surface area contributed by atoms with Crippen LogP contribution in [0.15, 0.2) is 36.7 Å². The van der Waals surface area contributed by atoms with E-state index < -0.39 is 0 Å². The third-order valence-corrected chi connectivity index (χ3v) is 4.78. The third-order valence-electron chi connectivity index (χ3n) is 4.15. The zero-order chi connectivity index (χ0) is 19.5. The highest BCUT2D eigenvalue weighted by Gasteiger charge is 2.20. The maximum Gasteiger partial charge on any atom is 0.223 e. The molecule has 28 heavy (non-hydrogen) atoms. The Labute approximate surface area is 165 Å². The van der Waals surface area contributed by atoms with Crippen LogP contribution in [-0.2, 0) is 9.53 Å². The fourth-order valence-electron chi connectivity index (χ4n) is 2.47. The molecule has 4 rings (SSSR count). The highest BCUT2D eigenvalue weighted by atomic mass is 32.1. The van der Waals surface area contributed by atoms with Crippen molar-refractivity contribution in [3.05, 3.63) is 36.7 Å². The van der Waals surface area contributed by atoms with E-state index in [9.17, 15) is 4.79 Å². The van der Waals surface area contributed by atoms with E-state index in [-0.39, 0.29) is 12.0 Å². The summed E-state index contributed by atoms with van der Waals surface area (Å²) in [5.41, 5.74) is 1.30. The summed E-state index contributed by atoms with van der Waals surface area (Å²) in [6.45, 7) is 2.72. The lowest BCUT2D eigenvalue weighted by atomic mass is 10.3. The molecule has 0 atom stereocenters. The SMILES string of the molecule is CC(=O)N(C)c1cccnc1Nc1nc(-c2ccc(OC3COC3)cn2)ns1. The van der Waals surface area contributed by atoms with E-state index in [2.05, 4.69) is 24.6 Å². The molecule has 4 heterocycles. The van der Waals surface area contributed by atoms with Crippen molar-refractivity contribution in [2.45, 2.75) is 13.0 Å². The molecular formula is C18H18N6O3S. The topological polar surface area (TPSA) is 102 Å². The molecule has 10 heteroatoms. The second-order valence-electron chi connectivity index (χ2n) is 6.15. The molecule has 1 aliphatic heterocycles. The number of hydrogen-bond donors (Lipinski definition) is 1. The average Bonchev–Trinajstić information content (AvgIpc) is 3.13. The van der Waals surface area contributed by atoms with E-state index in [1.165, 1.54) is 23.4 Å². The quantitative estimate of drug-likeness (QED) is 0.676. The Hall–Kier alpha value is -3.11. The van der Waals surface area contributed by atoms with Gasteiger partial charge in [0.2, 0.25) is 11.0 Å². The van der Waals surface area contributed by atoms with Gasteiger partial charge in [0.1, 0.15) is 17.5 Å². The predicted molar refractivity (Wildman–Crippen MR) is 105 cm³/mol. The zero-order valence-electron chi connectivity index (χ0n) is 15.3. The minimum Gasteiger partial charge on any atom is -0.484 e. The molecule has 0 unspecified atom stereocenters. The van der Waals surface area contributed by atoms with Gasteiger partial charge in [0, 0.05) is 31.7 Å². The fraction of sp³-hybridized carbons (Fsp3) is 0.278. The van der Waals surface area contributed by atoms with Crippen molar-refractivity contribution < 1.29 is 14.3 Å². The van der Waals surface area contributed by atoms with Gasteiger partial charge in [-0.05, 0) is 24.3 Å². The number of hydrogen-bond acceptors (Lipinski definition) is 9. The Balaban J connectivity index is 1.48. The van der Waals surface area contributed by atoms with Crippen molar-refractivity contribution in [2.75, 3.05) is 30.5 Å². The number of nitrogens with zero attached hydrogens (tertiary/aromatic N) is 5. The molecule has 1 saturated heterocycles. The summed E-state index contributed by atoms with van der Waals surface area (Å²) in [5, 5.41) is 3.68. The molecular weight excluding hydrogens is 380 g/mol. The first-order valence-corrected chi connectivity index (χ1v) is 9.38. The fourth-order valence-corrected chi connectivity index (χ4v) is 3.05. The number of carbonyl (C=O) groups excluding carboxylic acids is 1. The summed E-state index contributed by atoms with van der Waals surface area (Å²) in [6.07, 6.45) is 3.40. The van der Waals surface area contributed by atoms with Crippen LogP contribution in [0.4, 0.5) is 16.6 Å². The molecule has 1 N–H and O–H groups in total. The number of aromatic nitrogens is 4. The maximum atomic E-state index is 11.7. The Morgan fingerprint density at radius 1 is 1.32 bits per heavy atom. The molecule has 0 aromatic carbocycles. The minimum atomic E-state index is -0.0889. The Kier molecular flexibility index (Phi) is 5.13. The molecule has 0 saturated carbocycles. The summed E-state index contributed by atoms with van der Waals surface area (Å²) in [5.74, 6) is 1.63. The maximum absolute atomic E-state index is 11.7. The number of pyridine rings is 2. The van der Waals surface area contributed by atoms with E-state index in [1.807, 2.05) is 18.2 Å². The van der Waals surface area contributed by atoms with Gasteiger partial charge in [-0.15, -0.1) is 0 Å². The monoisotopic (exact) mass is 398 g/mol. The van der Waals surface area contributed by atoms with Crippen molar-refractivity contribution in [1.29, 1.82) is 0 Å².